The molecule has 0 bridgehead atoms. The highest BCUT2D eigenvalue weighted by atomic mass is 32.1. The van der Waals surface area contributed by atoms with Crippen molar-refractivity contribution in [2.24, 2.45) is 4.99 Å². The number of guanidine groups is 1. The monoisotopic (exact) mass is 416 g/mol. The van der Waals surface area contributed by atoms with Crippen molar-refractivity contribution >= 4 is 17.3 Å². The summed E-state index contributed by atoms with van der Waals surface area (Å²) in [6, 6.07) is 8.50. The first-order valence-corrected chi connectivity index (χ1v) is 11.3. The van der Waals surface area contributed by atoms with Crippen LogP contribution in [-0.2, 0) is 29.0 Å². The minimum Gasteiger partial charge on any atom is -0.381 e. The van der Waals surface area contributed by atoms with Crippen LogP contribution in [0.15, 0.2) is 34.6 Å². The van der Waals surface area contributed by atoms with Crippen LogP contribution in [0.4, 0.5) is 0 Å². The standard InChI is InChI=1S/C22H32N4O2S/c1-3-23-22(24-10-7-20-16-29-17(2)26-20)25-14-18-5-4-6-19(13-18)15-28-21-8-11-27-12-9-21/h4-6,13,16,21H,3,7-12,14-15H2,1-2H3,(H2,23,24,25). The van der Waals surface area contributed by atoms with Gasteiger partial charge in [0.2, 0.25) is 0 Å². The molecule has 2 heterocycles. The molecule has 0 radical (unpaired) electrons. The van der Waals surface area contributed by atoms with Gasteiger partial charge in [-0.15, -0.1) is 11.3 Å². The van der Waals surface area contributed by atoms with Crippen molar-refractivity contribution in [2.75, 3.05) is 26.3 Å². The van der Waals surface area contributed by atoms with E-state index in [4.69, 9.17) is 14.5 Å². The number of rotatable bonds is 9. The van der Waals surface area contributed by atoms with Gasteiger partial charge in [-0.1, -0.05) is 24.3 Å². The van der Waals surface area contributed by atoms with E-state index >= 15 is 0 Å². The molecule has 0 unspecified atom stereocenters. The zero-order valence-corrected chi connectivity index (χ0v) is 18.3. The van der Waals surface area contributed by atoms with Gasteiger partial charge >= 0.3 is 0 Å². The fraction of sp³-hybridized carbons (Fsp3) is 0.545. The first-order valence-electron chi connectivity index (χ1n) is 10.4. The molecule has 2 aromatic rings. The average Bonchev–Trinajstić information content (AvgIpc) is 3.16. The minimum atomic E-state index is 0.316. The molecule has 1 aliphatic heterocycles. The molecule has 1 aromatic heterocycles. The second-order valence-electron chi connectivity index (χ2n) is 7.17. The van der Waals surface area contributed by atoms with Crippen molar-refractivity contribution in [2.45, 2.75) is 52.4 Å². The Kier molecular flexibility index (Phi) is 8.92. The van der Waals surface area contributed by atoms with E-state index in [-0.39, 0.29) is 0 Å². The molecular weight excluding hydrogens is 384 g/mol. The van der Waals surface area contributed by atoms with Crippen LogP contribution in [0.1, 0.15) is 41.6 Å². The van der Waals surface area contributed by atoms with Crippen LogP contribution in [0, 0.1) is 6.92 Å². The molecule has 6 nitrogen and oxygen atoms in total. The van der Waals surface area contributed by atoms with E-state index in [1.807, 2.05) is 6.92 Å². The molecule has 1 aliphatic rings. The number of ether oxygens (including phenoxy) is 2. The van der Waals surface area contributed by atoms with Crippen molar-refractivity contribution in [3.05, 3.63) is 51.5 Å². The summed E-state index contributed by atoms with van der Waals surface area (Å²) in [5, 5.41) is 9.94. The highest BCUT2D eigenvalue weighted by molar-refractivity contribution is 7.09. The average molecular weight is 417 g/mol. The zero-order valence-electron chi connectivity index (χ0n) is 17.4. The van der Waals surface area contributed by atoms with Crippen molar-refractivity contribution in [3.63, 3.8) is 0 Å². The topological polar surface area (TPSA) is 67.8 Å². The molecule has 0 amide bonds. The number of benzene rings is 1. The maximum absolute atomic E-state index is 6.04. The number of nitrogens with one attached hydrogen (secondary N) is 2. The van der Waals surface area contributed by atoms with E-state index in [2.05, 4.69) is 52.2 Å². The molecule has 0 atom stereocenters. The Hall–Kier alpha value is -1.96. The number of aryl methyl sites for hydroxylation is 1. The first-order chi connectivity index (χ1) is 14.2. The van der Waals surface area contributed by atoms with Gasteiger partial charge in [0.25, 0.3) is 0 Å². The molecule has 0 aliphatic carbocycles. The summed E-state index contributed by atoms with van der Waals surface area (Å²) >= 11 is 1.69. The van der Waals surface area contributed by atoms with Gasteiger partial charge in [-0.05, 0) is 37.8 Å². The summed E-state index contributed by atoms with van der Waals surface area (Å²) < 4.78 is 11.4. The van der Waals surface area contributed by atoms with E-state index in [9.17, 15) is 0 Å². The van der Waals surface area contributed by atoms with Crippen LogP contribution in [0.3, 0.4) is 0 Å². The highest BCUT2D eigenvalue weighted by Gasteiger charge is 2.14. The Morgan fingerprint density at radius 3 is 2.86 bits per heavy atom. The lowest BCUT2D eigenvalue weighted by Gasteiger charge is -2.22. The molecular formula is C22H32N4O2S. The highest BCUT2D eigenvalue weighted by Crippen LogP contribution is 2.14. The number of thiazole rings is 1. The lowest BCUT2D eigenvalue weighted by atomic mass is 10.1. The van der Waals surface area contributed by atoms with Crippen molar-refractivity contribution < 1.29 is 9.47 Å². The number of aliphatic imine (C=N–C) groups is 1. The Labute approximate surface area is 177 Å². The number of nitrogens with zero attached hydrogens (tertiary/aromatic N) is 2. The molecule has 0 saturated carbocycles. The Balaban J connectivity index is 1.48. The molecule has 3 rings (SSSR count). The fourth-order valence-electron chi connectivity index (χ4n) is 3.22. The quantitative estimate of drug-likeness (QED) is 0.484. The molecule has 7 heteroatoms. The second-order valence-corrected chi connectivity index (χ2v) is 8.23. The maximum atomic E-state index is 6.04. The van der Waals surface area contributed by atoms with Gasteiger partial charge in [-0.2, -0.15) is 0 Å². The van der Waals surface area contributed by atoms with Crippen LogP contribution in [0.5, 0.6) is 0 Å². The lowest BCUT2D eigenvalue weighted by Crippen LogP contribution is -2.38. The van der Waals surface area contributed by atoms with E-state index in [0.717, 1.165) is 62.2 Å². The molecule has 158 valence electrons. The normalized spacial score (nSPS) is 15.4. The predicted molar refractivity (Wildman–Crippen MR) is 118 cm³/mol. The van der Waals surface area contributed by atoms with Gasteiger partial charge in [0.1, 0.15) is 0 Å². The molecule has 2 N–H and O–H groups in total. The van der Waals surface area contributed by atoms with Gasteiger partial charge < -0.3 is 20.1 Å². The molecule has 1 saturated heterocycles. The number of aromatic nitrogens is 1. The SMILES string of the molecule is CCNC(=NCc1cccc(COC2CCOCC2)c1)NCCc1csc(C)n1. The summed E-state index contributed by atoms with van der Waals surface area (Å²) in [5.41, 5.74) is 3.51. The van der Waals surface area contributed by atoms with Gasteiger partial charge in [-0.25, -0.2) is 9.98 Å². The van der Waals surface area contributed by atoms with Crippen molar-refractivity contribution in [3.8, 4) is 0 Å². The zero-order chi connectivity index (χ0) is 20.3. The largest absolute Gasteiger partial charge is 0.381 e. The third-order valence-electron chi connectivity index (χ3n) is 4.75. The van der Waals surface area contributed by atoms with Gasteiger partial charge in [-0.3, -0.25) is 0 Å². The van der Waals surface area contributed by atoms with Crippen LogP contribution in [-0.4, -0.2) is 43.4 Å². The summed E-state index contributed by atoms with van der Waals surface area (Å²) in [7, 11) is 0. The molecule has 1 fully saturated rings. The number of hydrogen-bond donors (Lipinski definition) is 2. The Bertz CT molecular complexity index is 772. The molecule has 29 heavy (non-hydrogen) atoms. The summed E-state index contributed by atoms with van der Waals surface area (Å²) in [4.78, 5) is 9.24. The summed E-state index contributed by atoms with van der Waals surface area (Å²) in [6.07, 6.45) is 3.19. The minimum absolute atomic E-state index is 0.316. The van der Waals surface area contributed by atoms with E-state index in [1.165, 1.54) is 11.1 Å². The van der Waals surface area contributed by atoms with E-state index < -0.39 is 0 Å². The summed E-state index contributed by atoms with van der Waals surface area (Å²) in [6.45, 7) is 8.66. The van der Waals surface area contributed by atoms with E-state index in [0.29, 0.717) is 19.3 Å². The third-order valence-corrected chi connectivity index (χ3v) is 5.57. The maximum Gasteiger partial charge on any atom is 0.191 e. The molecule has 1 aromatic carbocycles. The Morgan fingerprint density at radius 2 is 2.10 bits per heavy atom. The van der Waals surface area contributed by atoms with Crippen LogP contribution < -0.4 is 10.6 Å². The fourth-order valence-corrected chi connectivity index (χ4v) is 3.87. The van der Waals surface area contributed by atoms with Crippen molar-refractivity contribution in [1.29, 1.82) is 0 Å². The van der Waals surface area contributed by atoms with E-state index in [1.54, 1.807) is 11.3 Å². The van der Waals surface area contributed by atoms with Crippen LogP contribution in [0.25, 0.3) is 0 Å². The smallest absolute Gasteiger partial charge is 0.191 e. The van der Waals surface area contributed by atoms with Gasteiger partial charge in [0.15, 0.2) is 5.96 Å². The Morgan fingerprint density at radius 1 is 1.28 bits per heavy atom. The van der Waals surface area contributed by atoms with Crippen LogP contribution >= 0.6 is 11.3 Å². The second kappa shape index (κ2) is 11.9. The first kappa shape index (κ1) is 21.7. The van der Waals surface area contributed by atoms with Crippen LogP contribution in [0.2, 0.25) is 0 Å². The molecule has 0 spiro atoms. The van der Waals surface area contributed by atoms with Gasteiger partial charge in [0.05, 0.1) is 30.0 Å². The number of hydrogen-bond acceptors (Lipinski definition) is 5. The lowest BCUT2D eigenvalue weighted by molar-refractivity contribution is -0.0390. The third kappa shape index (κ3) is 7.76. The van der Waals surface area contributed by atoms with Crippen molar-refractivity contribution in [1.82, 2.24) is 15.6 Å². The van der Waals surface area contributed by atoms with Gasteiger partial charge in [0, 0.05) is 38.1 Å². The summed E-state index contributed by atoms with van der Waals surface area (Å²) in [5.74, 6) is 0.836. The predicted octanol–water partition coefficient (Wildman–Crippen LogP) is 3.44.